The van der Waals surface area contributed by atoms with Crippen molar-refractivity contribution in [2.75, 3.05) is 19.8 Å². The van der Waals surface area contributed by atoms with Gasteiger partial charge in [-0.15, -0.1) is 0 Å². The number of hydrogen-bond donors (Lipinski definition) is 1. The summed E-state index contributed by atoms with van der Waals surface area (Å²) in [4.78, 5) is 24.4. The normalized spacial score (nSPS) is 12.5. The van der Waals surface area contributed by atoms with Crippen molar-refractivity contribution in [1.82, 2.24) is 5.32 Å². The lowest BCUT2D eigenvalue weighted by Crippen LogP contribution is -2.42. The summed E-state index contributed by atoms with van der Waals surface area (Å²) in [7, 11) is -3.90. The number of amides is 1. The summed E-state index contributed by atoms with van der Waals surface area (Å²) >= 11 is 0. The monoisotopic (exact) mass is 343 g/mol. The van der Waals surface area contributed by atoms with E-state index < -0.39 is 25.3 Å². The summed E-state index contributed by atoms with van der Waals surface area (Å²) in [6.07, 6.45) is 0. The molecule has 1 atom stereocenters. The van der Waals surface area contributed by atoms with Crippen LogP contribution in [0.2, 0.25) is 0 Å². The molecule has 8 heteroatoms. The number of benzene rings is 1. The third-order valence-electron chi connectivity index (χ3n) is 2.75. The second-order valence-corrected chi connectivity index (χ2v) is 6.48. The zero-order chi connectivity index (χ0) is 17.3. The molecule has 1 unspecified atom stereocenters. The first-order valence-electron chi connectivity index (χ1n) is 7.39. The number of hydrogen-bond acceptors (Lipinski definition) is 6. The van der Waals surface area contributed by atoms with Gasteiger partial charge in [-0.2, -0.15) is 0 Å². The summed E-state index contributed by atoms with van der Waals surface area (Å²) in [6, 6.07) is 8.26. The summed E-state index contributed by atoms with van der Waals surface area (Å²) in [5.41, 5.74) is 0.321. The van der Waals surface area contributed by atoms with Crippen molar-refractivity contribution in [3.63, 3.8) is 0 Å². The van der Waals surface area contributed by atoms with Crippen molar-refractivity contribution in [3.8, 4) is 0 Å². The molecule has 1 rings (SSSR count). The lowest BCUT2D eigenvalue weighted by atomic mass is 10.2. The van der Waals surface area contributed by atoms with Gasteiger partial charge in [-0.05, 0) is 32.9 Å². The summed E-state index contributed by atoms with van der Waals surface area (Å²) in [5.74, 6) is -2.94. The number of nitrogens with one attached hydrogen (secondary N) is 1. The first-order valence-corrected chi connectivity index (χ1v) is 9.01. The number of carbonyl (C=O) groups excluding carboxylic acids is 2. The lowest BCUT2D eigenvalue weighted by molar-refractivity contribution is -0.143. The fourth-order valence-electron chi connectivity index (χ4n) is 1.83. The molecular formula is C15H22NO6P. The minimum absolute atomic E-state index is 0.0639. The van der Waals surface area contributed by atoms with Crippen LogP contribution in [0.25, 0.3) is 0 Å². The molecule has 0 spiro atoms. The zero-order valence-corrected chi connectivity index (χ0v) is 14.4. The van der Waals surface area contributed by atoms with Gasteiger partial charge in [0.25, 0.3) is 5.91 Å². The van der Waals surface area contributed by atoms with Gasteiger partial charge in [0.15, 0.2) is 0 Å². The summed E-state index contributed by atoms with van der Waals surface area (Å²) in [6.45, 7) is 5.05. The largest absolute Gasteiger partial charge is 0.464 e. The van der Waals surface area contributed by atoms with Gasteiger partial charge in [-0.1, -0.05) is 18.2 Å². The Morgan fingerprint density at radius 2 is 1.61 bits per heavy atom. The first kappa shape index (κ1) is 19.4. The van der Waals surface area contributed by atoms with E-state index in [0.29, 0.717) is 5.56 Å². The predicted molar refractivity (Wildman–Crippen MR) is 85.2 cm³/mol. The molecule has 1 aromatic rings. The van der Waals surface area contributed by atoms with Gasteiger partial charge in [0, 0.05) is 5.56 Å². The van der Waals surface area contributed by atoms with Gasteiger partial charge in [0.05, 0.1) is 19.8 Å². The van der Waals surface area contributed by atoms with Gasteiger partial charge in [0.2, 0.25) is 5.78 Å². The van der Waals surface area contributed by atoms with E-state index in [9.17, 15) is 14.2 Å². The van der Waals surface area contributed by atoms with Crippen LogP contribution in [-0.2, 0) is 23.1 Å². The van der Waals surface area contributed by atoms with Gasteiger partial charge >= 0.3 is 13.6 Å². The highest BCUT2D eigenvalue weighted by atomic mass is 31.2. The Morgan fingerprint density at radius 3 is 2.09 bits per heavy atom. The summed E-state index contributed by atoms with van der Waals surface area (Å²) < 4.78 is 28.0. The van der Waals surface area contributed by atoms with Crippen LogP contribution >= 0.6 is 7.60 Å². The number of ether oxygens (including phenoxy) is 1. The van der Waals surface area contributed by atoms with Crippen LogP contribution in [0.1, 0.15) is 31.1 Å². The molecule has 0 radical (unpaired) electrons. The molecule has 0 saturated heterocycles. The van der Waals surface area contributed by atoms with Crippen LogP contribution in [0, 0.1) is 0 Å². The Bertz CT molecular complexity index is 552. The van der Waals surface area contributed by atoms with Crippen molar-refractivity contribution in [2.45, 2.75) is 26.6 Å². The number of carbonyl (C=O) groups is 2. The van der Waals surface area contributed by atoms with Crippen molar-refractivity contribution in [1.29, 1.82) is 0 Å². The molecule has 128 valence electrons. The third kappa shape index (κ3) is 5.46. The van der Waals surface area contributed by atoms with Gasteiger partial charge in [-0.25, -0.2) is 4.79 Å². The quantitative estimate of drug-likeness (QED) is 0.547. The van der Waals surface area contributed by atoms with Crippen molar-refractivity contribution in [3.05, 3.63) is 35.9 Å². The second kappa shape index (κ2) is 9.45. The predicted octanol–water partition coefficient (Wildman–Crippen LogP) is 2.57. The molecule has 0 aromatic heterocycles. The van der Waals surface area contributed by atoms with E-state index in [0.717, 1.165) is 0 Å². The Balaban J connectivity index is 3.06. The molecule has 0 fully saturated rings. The average molecular weight is 343 g/mol. The third-order valence-corrected chi connectivity index (χ3v) is 4.96. The Hall–Kier alpha value is -1.69. The summed E-state index contributed by atoms with van der Waals surface area (Å²) in [5, 5.41) is 2.40. The Kier molecular flexibility index (Phi) is 7.95. The number of esters is 1. The van der Waals surface area contributed by atoms with Crippen molar-refractivity contribution >= 4 is 19.5 Å². The zero-order valence-electron chi connectivity index (χ0n) is 13.5. The smallest absolute Gasteiger partial charge is 0.364 e. The lowest BCUT2D eigenvalue weighted by Gasteiger charge is -2.25. The molecule has 23 heavy (non-hydrogen) atoms. The Labute approximate surface area is 135 Å². The SMILES string of the molecule is CCOC(=O)C(NC(=O)c1ccccc1)P(=O)(OCC)OCC. The van der Waals surface area contributed by atoms with Gasteiger partial charge in [-0.3, -0.25) is 9.36 Å². The topological polar surface area (TPSA) is 90.9 Å². The highest BCUT2D eigenvalue weighted by molar-refractivity contribution is 7.55. The second-order valence-electron chi connectivity index (χ2n) is 4.37. The molecule has 0 aliphatic carbocycles. The van der Waals surface area contributed by atoms with Crippen LogP contribution in [0.15, 0.2) is 30.3 Å². The fraction of sp³-hybridized carbons (Fsp3) is 0.467. The minimum atomic E-state index is -3.90. The standard InChI is InChI=1S/C15H22NO6P/c1-4-20-15(18)14(23(19,21-5-2)22-6-3)16-13(17)12-10-8-7-9-11-12/h7-11,14H,4-6H2,1-3H3,(H,16,17). The maximum atomic E-state index is 12.8. The van der Waals surface area contributed by atoms with E-state index in [1.807, 2.05) is 0 Å². The van der Waals surface area contributed by atoms with E-state index in [1.54, 1.807) is 51.1 Å². The molecular weight excluding hydrogens is 321 g/mol. The molecule has 0 bridgehead atoms. The first-order chi connectivity index (χ1) is 11.0. The average Bonchev–Trinajstić information content (AvgIpc) is 2.53. The highest BCUT2D eigenvalue weighted by Gasteiger charge is 2.43. The molecule has 0 saturated carbocycles. The van der Waals surface area contributed by atoms with E-state index in [-0.39, 0.29) is 19.8 Å². The van der Waals surface area contributed by atoms with Crippen LogP contribution in [0.3, 0.4) is 0 Å². The van der Waals surface area contributed by atoms with Crippen LogP contribution in [0.5, 0.6) is 0 Å². The van der Waals surface area contributed by atoms with Gasteiger partial charge in [0.1, 0.15) is 0 Å². The van der Waals surface area contributed by atoms with Crippen LogP contribution in [0.4, 0.5) is 0 Å². The van der Waals surface area contributed by atoms with E-state index in [4.69, 9.17) is 13.8 Å². The number of rotatable bonds is 9. The molecule has 1 N–H and O–H groups in total. The van der Waals surface area contributed by atoms with Crippen LogP contribution < -0.4 is 5.32 Å². The van der Waals surface area contributed by atoms with Crippen molar-refractivity contribution < 1.29 is 27.9 Å². The van der Waals surface area contributed by atoms with Gasteiger partial charge < -0.3 is 19.1 Å². The maximum absolute atomic E-state index is 12.8. The molecule has 0 aliphatic rings. The van der Waals surface area contributed by atoms with Crippen molar-refractivity contribution in [2.24, 2.45) is 0 Å². The van der Waals surface area contributed by atoms with E-state index in [1.165, 1.54) is 0 Å². The molecule has 1 aromatic carbocycles. The molecule has 1 amide bonds. The molecule has 0 heterocycles. The Morgan fingerprint density at radius 1 is 1.04 bits per heavy atom. The maximum Gasteiger partial charge on any atom is 0.364 e. The fourth-order valence-corrected chi connectivity index (χ4v) is 3.53. The molecule has 0 aliphatic heterocycles. The highest BCUT2D eigenvalue weighted by Crippen LogP contribution is 2.52. The van der Waals surface area contributed by atoms with E-state index >= 15 is 0 Å². The van der Waals surface area contributed by atoms with E-state index in [2.05, 4.69) is 5.32 Å². The minimum Gasteiger partial charge on any atom is -0.464 e. The molecule has 7 nitrogen and oxygen atoms in total. The van der Waals surface area contributed by atoms with Crippen LogP contribution in [-0.4, -0.2) is 37.5 Å².